The fourth-order valence-electron chi connectivity index (χ4n) is 1.45. The number of aromatic nitrogens is 1. The summed E-state index contributed by atoms with van der Waals surface area (Å²) in [6.07, 6.45) is 3.20. The zero-order valence-electron chi connectivity index (χ0n) is 9.12. The van der Waals surface area contributed by atoms with Crippen LogP contribution in [0.4, 0.5) is 5.69 Å². The molecule has 0 radical (unpaired) electrons. The summed E-state index contributed by atoms with van der Waals surface area (Å²) in [5.41, 5.74) is 1.27. The van der Waals surface area contributed by atoms with E-state index < -0.39 is 0 Å². The molecule has 1 aromatic carbocycles. The molecule has 0 fully saturated rings. The van der Waals surface area contributed by atoms with Crippen molar-refractivity contribution in [2.45, 2.75) is 6.54 Å². The van der Waals surface area contributed by atoms with Gasteiger partial charge >= 0.3 is 0 Å². The molecule has 0 spiro atoms. The van der Waals surface area contributed by atoms with Crippen molar-refractivity contribution in [3.05, 3.63) is 51.2 Å². The summed E-state index contributed by atoms with van der Waals surface area (Å²) < 4.78 is 0. The minimum absolute atomic E-state index is 0.00794. The number of rotatable bonds is 3. The average molecular weight is 304 g/mol. The molecule has 0 aliphatic rings. The van der Waals surface area contributed by atoms with Gasteiger partial charge < -0.3 is 10.4 Å². The van der Waals surface area contributed by atoms with Gasteiger partial charge in [-0.3, -0.25) is 4.98 Å². The summed E-state index contributed by atoms with van der Waals surface area (Å²) in [5, 5.41) is 14.1. The van der Waals surface area contributed by atoms with Gasteiger partial charge in [0.25, 0.3) is 0 Å². The third-order valence-corrected chi connectivity index (χ3v) is 3.18. The molecular weight excluding hydrogens is 295 g/mol. The number of halogens is 3. The normalized spacial score (nSPS) is 10.4. The van der Waals surface area contributed by atoms with Crippen LogP contribution in [0.5, 0.6) is 5.75 Å². The Morgan fingerprint density at radius 2 is 1.94 bits per heavy atom. The Hall–Kier alpha value is -1.16. The highest BCUT2D eigenvalue weighted by Gasteiger charge is 2.08. The number of hydrogen-bond donors (Lipinski definition) is 2. The number of pyridine rings is 1. The fourth-order valence-corrected chi connectivity index (χ4v) is 2.16. The summed E-state index contributed by atoms with van der Waals surface area (Å²) in [5.74, 6) is 0.00794. The maximum absolute atomic E-state index is 9.79. The van der Waals surface area contributed by atoms with Crippen LogP contribution in [-0.4, -0.2) is 10.1 Å². The van der Waals surface area contributed by atoms with Crippen molar-refractivity contribution < 1.29 is 5.11 Å². The van der Waals surface area contributed by atoms with Gasteiger partial charge in [-0.25, -0.2) is 0 Å². The summed E-state index contributed by atoms with van der Waals surface area (Å²) in [6.45, 7) is 0.345. The Bertz CT molecular complexity index is 575. The molecule has 94 valence electrons. The molecule has 0 aliphatic carbocycles. The Balaban J connectivity index is 2.18. The van der Waals surface area contributed by atoms with Gasteiger partial charge in [-0.1, -0.05) is 34.8 Å². The van der Waals surface area contributed by atoms with Gasteiger partial charge in [0.1, 0.15) is 5.75 Å². The van der Waals surface area contributed by atoms with Crippen LogP contribution < -0.4 is 5.32 Å². The molecular formula is C12H9Cl3N2O. The van der Waals surface area contributed by atoms with Gasteiger partial charge in [-0.15, -0.1) is 0 Å². The number of anilines is 1. The predicted molar refractivity (Wildman–Crippen MR) is 74.7 cm³/mol. The smallest absolute Gasteiger partial charge is 0.139 e. The number of aromatic hydroxyl groups is 1. The lowest BCUT2D eigenvalue weighted by atomic mass is 10.2. The second-order valence-corrected chi connectivity index (χ2v) is 4.86. The molecule has 1 heterocycles. The van der Waals surface area contributed by atoms with Crippen molar-refractivity contribution >= 4 is 40.5 Å². The van der Waals surface area contributed by atoms with Gasteiger partial charge in [0.15, 0.2) is 0 Å². The number of nitrogens with zero attached hydrogens (tertiary/aromatic N) is 1. The minimum atomic E-state index is 0.00794. The summed E-state index contributed by atoms with van der Waals surface area (Å²) in [6, 6.07) is 4.80. The van der Waals surface area contributed by atoms with Crippen molar-refractivity contribution in [3.63, 3.8) is 0 Å². The Labute approximate surface area is 119 Å². The molecule has 0 unspecified atom stereocenters. The summed E-state index contributed by atoms with van der Waals surface area (Å²) >= 11 is 17.7. The molecule has 0 amide bonds. The predicted octanol–water partition coefficient (Wildman–Crippen LogP) is 4.36. The molecule has 2 aromatic rings. The monoisotopic (exact) mass is 302 g/mol. The highest BCUT2D eigenvalue weighted by atomic mass is 35.5. The van der Waals surface area contributed by atoms with E-state index in [0.29, 0.717) is 27.8 Å². The van der Waals surface area contributed by atoms with Crippen LogP contribution in [-0.2, 0) is 6.54 Å². The van der Waals surface area contributed by atoms with Gasteiger partial charge in [-0.05, 0) is 18.2 Å². The lowest BCUT2D eigenvalue weighted by Gasteiger charge is -2.10. The van der Waals surface area contributed by atoms with Crippen molar-refractivity contribution in [1.29, 1.82) is 0 Å². The number of hydrogen-bond acceptors (Lipinski definition) is 3. The van der Waals surface area contributed by atoms with E-state index in [1.807, 2.05) is 0 Å². The first-order valence-corrected chi connectivity index (χ1v) is 6.21. The van der Waals surface area contributed by atoms with Crippen LogP contribution in [0.15, 0.2) is 30.6 Å². The summed E-state index contributed by atoms with van der Waals surface area (Å²) in [7, 11) is 0. The van der Waals surface area contributed by atoms with Crippen LogP contribution in [0, 0.1) is 0 Å². The first-order valence-electron chi connectivity index (χ1n) is 5.08. The van der Waals surface area contributed by atoms with Crippen molar-refractivity contribution in [1.82, 2.24) is 4.98 Å². The van der Waals surface area contributed by atoms with Crippen LogP contribution in [0.3, 0.4) is 0 Å². The highest BCUT2D eigenvalue weighted by molar-refractivity contribution is 6.35. The van der Waals surface area contributed by atoms with Crippen molar-refractivity contribution in [3.8, 4) is 5.75 Å². The number of phenols is 1. The minimum Gasteiger partial charge on any atom is -0.506 e. The third kappa shape index (κ3) is 2.99. The largest absolute Gasteiger partial charge is 0.506 e. The van der Waals surface area contributed by atoms with E-state index in [-0.39, 0.29) is 10.8 Å². The standard InChI is InChI=1S/C12H9Cl3N2O/c13-8-3-7(12(18)10(15)4-8)5-17-11-6-16-2-1-9(11)14/h1-4,6,17-18H,5H2. The zero-order chi connectivity index (χ0) is 13.1. The molecule has 3 nitrogen and oxygen atoms in total. The second kappa shape index (κ2) is 5.65. The van der Waals surface area contributed by atoms with Gasteiger partial charge in [0.2, 0.25) is 0 Å². The Morgan fingerprint density at radius 1 is 1.17 bits per heavy atom. The van der Waals surface area contributed by atoms with E-state index in [1.54, 1.807) is 24.5 Å². The third-order valence-electron chi connectivity index (χ3n) is 2.34. The molecule has 6 heteroatoms. The lowest BCUT2D eigenvalue weighted by molar-refractivity contribution is 0.469. The first kappa shape index (κ1) is 13.3. The fraction of sp³-hybridized carbons (Fsp3) is 0.0833. The molecule has 1 aromatic heterocycles. The molecule has 0 atom stereocenters. The maximum Gasteiger partial charge on any atom is 0.139 e. The Morgan fingerprint density at radius 3 is 2.67 bits per heavy atom. The average Bonchev–Trinajstić information content (AvgIpc) is 2.33. The molecule has 18 heavy (non-hydrogen) atoms. The van der Waals surface area contributed by atoms with Gasteiger partial charge in [0.05, 0.1) is 21.9 Å². The Kier molecular flexibility index (Phi) is 4.17. The summed E-state index contributed by atoms with van der Waals surface area (Å²) in [4.78, 5) is 3.95. The number of nitrogens with one attached hydrogen (secondary N) is 1. The first-order chi connectivity index (χ1) is 8.58. The number of benzene rings is 1. The van der Waals surface area contributed by atoms with Crippen LogP contribution in [0.1, 0.15) is 5.56 Å². The van der Waals surface area contributed by atoms with Crippen molar-refractivity contribution in [2.75, 3.05) is 5.32 Å². The molecule has 0 saturated carbocycles. The SMILES string of the molecule is Oc1c(Cl)cc(Cl)cc1CNc1cnccc1Cl. The topological polar surface area (TPSA) is 45.1 Å². The van der Waals surface area contributed by atoms with E-state index in [0.717, 1.165) is 0 Å². The van der Waals surface area contributed by atoms with E-state index in [2.05, 4.69) is 10.3 Å². The molecule has 2 N–H and O–H groups in total. The maximum atomic E-state index is 9.79. The quantitative estimate of drug-likeness (QED) is 0.885. The van der Waals surface area contributed by atoms with Crippen molar-refractivity contribution in [2.24, 2.45) is 0 Å². The van der Waals surface area contributed by atoms with Crippen LogP contribution in [0.25, 0.3) is 0 Å². The van der Waals surface area contributed by atoms with Gasteiger partial charge in [0, 0.05) is 23.3 Å². The number of phenolic OH excluding ortho intramolecular Hbond substituents is 1. The molecule has 2 rings (SSSR count). The van der Waals surface area contributed by atoms with E-state index in [4.69, 9.17) is 34.8 Å². The van der Waals surface area contributed by atoms with E-state index in [9.17, 15) is 5.11 Å². The van der Waals surface area contributed by atoms with E-state index >= 15 is 0 Å². The highest BCUT2D eigenvalue weighted by Crippen LogP contribution is 2.32. The van der Waals surface area contributed by atoms with E-state index in [1.165, 1.54) is 6.07 Å². The van der Waals surface area contributed by atoms with Crippen LogP contribution in [0.2, 0.25) is 15.1 Å². The molecule has 0 aliphatic heterocycles. The zero-order valence-corrected chi connectivity index (χ0v) is 11.4. The van der Waals surface area contributed by atoms with Crippen LogP contribution >= 0.6 is 34.8 Å². The molecule has 0 bridgehead atoms. The van der Waals surface area contributed by atoms with Gasteiger partial charge in [-0.2, -0.15) is 0 Å². The molecule has 0 saturated heterocycles. The lowest BCUT2D eigenvalue weighted by Crippen LogP contribution is -2.01. The second-order valence-electron chi connectivity index (χ2n) is 3.60.